The monoisotopic (exact) mass is 1790 g/mol. The molecule has 22 N–H and O–H groups in total. The normalized spacial score (nSPS) is 26.0. The van der Waals surface area contributed by atoms with E-state index in [0.717, 1.165) is 111 Å². The van der Waals surface area contributed by atoms with Crippen LogP contribution in [0, 0.1) is 0 Å². The minimum Gasteiger partial charge on any atom is -0.508 e. The Balaban J connectivity index is 1.05. The molecule has 0 spiro atoms. The molecule has 0 aromatic heterocycles. The Morgan fingerprint density at radius 1 is 0.532 bits per heavy atom. The van der Waals surface area contributed by atoms with Gasteiger partial charge in [-0.2, -0.15) is 0 Å². The van der Waals surface area contributed by atoms with Gasteiger partial charge >= 0.3 is 5.97 Å². The molecule has 126 heavy (non-hydrogen) atoms. The van der Waals surface area contributed by atoms with Crippen molar-refractivity contribution in [3.63, 3.8) is 0 Å². The number of phenols is 4. The van der Waals surface area contributed by atoms with E-state index in [4.69, 9.17) is 56.4 Å². The van der Waals surface area contributed by atoms with E-state index >= 15 is 28.8 Å². The number of hydrogen-bond acceptors (Lipinski definition) is 29. The van der Waals surface area contributed by atoms with Crippen LogP contribution in [0.2, 0.25) is 10.0 Å². The first kappa shape index (κ1) is 91.8. The van der Waals surface area contributed by atoms with Gasteiger partial charge in [-0.05, 0) is 140 Å². The fraction of sp³-hybridized carbons (Fsp3) is 0.407. The summed E-state index contributed by atoms with van der Waals surface area (Å²) in [4.78, 5) is 138. The third-order valence-electron chi connectivity index (χ3n) is 22.4. The summed E-state index contributed by atoms with van der Waals surface area (Å²) in [6, 6.07) is 5.64. The summed E-state index contributed by atoms with van der Waals surface area (Å²) in [5, 5.41) is 164. The number of aromatic hydroxyl groups is 4. The maximum atomic E-state index is 16.8. The second-order valence-corrected chi connectivity index (χ2v) is 32.0. The molecule has 38 nitrogen and oxygen atoms in total. The van der Waals surface area contributed by atoms with Crippen LogP contribution in [0.4, 0.5) is 0 Å². The zero-order valence-electron chi connectivity index (χ0n) is 67.9. The fourth-order valence-corrected chi connectivity index (χ4v) is 16.1. The number of fused-ring (bicyclic) bond motifs is 14. The summed E-state index contributed by atoms with van der Waals surface area (Å²) in [5.74, 6) is -18.0. The minimum absolute atomic E-state index is 0.105. The van der Waals surface area contributed by atoms with Crippen LogP contribution in [-0.2, 0) is 59.0 Å². The molecule has 8 aliphatic rings. The number of carboxylic acids is 1. The highest BCUT2D eigenvalue weighted by atomic mass is 35.5. The zero-order valence-corrected chi connectivity index (χ0v) is 69.4. The average Bonchev–Trinajstić information content (AvgIpc) is 0.758. The Hall–Kier alpha value is -11.9. The Kier molecular flexibility index (Phi) is 29.3. The van der Waals surface area contributed by atoms with Gasteiger partial charge < -0.3 is 148 Å². The van der Waals surface area contributed by atoms with E-state index in [1.165, 1.54) is 49.5 Å². The predicted octanol–water partition coefficient (Wildman–Crippen LogP) is 3.58. The van der Waals surface area contributed by atoms with Crippen LogP contribution >= 0.6 is 23.2 Å². The van der Waals surface area contributed by atoms with Gasteiger partial charge in [-0.25, -0.2) is 4.79 Å². The lowest BCUT2D eigenvalue weighted by atomic mass is 9.89. The molecular formula is C86H96Cl2N10O28. The molecule has 7 aromatic rings. The molecule has 15 rings (SSSR count). The maximum absolute atomic E-state index is 16.8. The summed E-state index contributed by atoms with van der Waals surface area (Å²) in [6.45, 7) is 1.35. The third kappa shape index (κ3) is 20.3. The number of hydrogen-bond donors (Lipinski definition) is 22. The SMILES string of the molecule is CCCCCCCCCCC(=O)N[C@H]1[C@H](Oc2c3cc4cc2Oc2ccc(cc2Cl)[C@@H](O)[C@@H]2NC(=O)[C@@H](NC(=O)[C@@H]4NC(=O)[C@@H]4NC(=O)[C@@H](Cc5ccc(cc5)O3)NC(=O)[C@H](NC)c3ccc(O)c(c3)Oc3cc(O)c(Cl)c4c3)c3ccc(O)c(c3)-c3c(O[C@@H]4O[C@H](CO)[C@H](O)[C@H](O)[C@@H]4O)cc(O)cc3[C@@H](C(=O)NCCCNC)NC2=O)O[C@@H](C(=O)O)[C@@H](O)[C@@H]1O. The van der Waals surface area contributed by atoms with Gasteiger partial charge in [-0.15, -0.1) is 0 Å². The van der Waals surface area contributed by atoms with E-state index in [9.17, 15) is 75.7 Å². The van der Waals surface area contributed by atoms with Crippen LogP contribution in [0.1, 0.15) is 146 Å². The van der Waals surface area contributed by atoms with Crippen LogP contribution in [-0.4, -0.2) is 222 Å². The van der Waals surface area contributed by atoms with Crippen LogP contribution < -0.4 is 76.9 Å². The van der Waals surface area contributed by atoms with Crippen LogP contribution in [0.5, 0.6) is 69.0 Å². The van der Waals surface area contributed by atoms with Gasteiger partial charge in [0.2, 0.25) is 65.6 Å². The number of nitrogens with one attached hydrogen (secondary N) is 10. The quantitative estimate of drug-likeness (QED) is 0.0431. The van der Waals surface area contributed by atoms with Gasteiger partial charge in [-0.1, -0.05) is 105 Å². The molecule has 8 amide bonds. The summed E-state index contributed by atoms with van der Waals surface area (Å²) in [6.07, 6.45) is -14.7. The van der Waals surface area contributed by atoms with Crippen molar-refractivity contribution in [3.8, 4) is 80.1 Å². The fourth-order valence-electron chi connectivity index (χ4n) is 15.7. The van der Waals surface area contributed by atoms with Crippen molar-refractivity contribution in [1.29, 1.82) is 0 Å². The average molecular weight is 1790 g/mol. The van der Waals surface area contributed by atoms with Crippen molar-refractivity contribution >= 4 is 76.4 Å². The van der Waals surface area contributed by atoms with Crippen LogP contribution in [0.15, 0.2) is 115 Å². The van der Waals surface area contributed by atoms with E-state index in [2.05, 4.69) is 60.1 Å². The molecular weight excluding hydrogens is 1690 g/mol. The van der Waals surface area contributed by atoms with Gasteiger partial charge in [0.25, 0.3) is 0 Å². The molecule has 0 saturated carbocycles. The highest BCUT2D eigenvalue weighted by Crippen LogP contribution is 2.51. The lowest BCUT2D eigenvalue weighted by Gasteiger charge is -2.41. The smallest absolute Gasteiger partial charge is 0.335 e. The van der Waals surface area contributed by atoms with Gasteiger partial charge in [-0.3, -0.25) is 38.4 Å². The molecule has 7 aromatic carbocycles. The number of carboxylic acid groups (broad SMARTS) is 1. The summed E-state index contributed by atoms with van der Waals surface area (Å²) < 4.78 is 44.4. The molecule has 2 saturated heterocycles. The molecule has 8 aliphatic heterocycles. The number of amides is 8. The van der Waals surface area contributed by atoms with Gasteiger partial charge in [0.15, 0.2) is 29.1 Å². The maximum Gasteiger partial charge on any atom is 0.335 e. The largest absolute Gasteiger partial charge is 0.508 e. The van der Waals surface area contributed by atoms with Gasteiger partial charge in [0.05, 0.1) is 16.7 Å². The number of ether oxygens (including phenoxy) is 7. The number of phenolic OH excluding ortho intramolecular Hbond substituents is 4. The first-order valence-corrected chi connectivity index (χ1v) is 41.5. The molecule has 672 valence electrons. The Labute approximate surface area is 729 Å². The van der Waals surface area contributed by atoms with Crippen LogP contribution in [0.25, 0.3) is 11.1 Å². The summed E-state index contributed by atoms with van der Waals surface area (Å²) in [7, 11) is 3.06. The lowest BCUT2D eigenvalue weighted by molar-refractivity contribution is -0.277. The number of unbranched alkanes of at least 4 members (excludes halogenated alkanes) is 7. The van der Waals surface area contributed by atoms with Crippen molar-refractivity contribution in [2.45, 2.75) is 187 Å². The Bertz CT molecular complexity index is 5260. The topological polar surface area (TPSA) is 581 Å². The van der Waals surface area contributed by atoms with Crippen molar-refractivity contribution in [3.05, 3.63) is 164 Å². The van der Waals surface area contributed by atoms with Crippen molar-refractivity contribution in [2.24, 2.45) is 0 Å². The molecule has 2 fully saturated rings. The minimum atomic E-state index is -2.45. The number of benzene rings is 7. The van der Waals surface area contributed by atoms with Gasteiger partial charge in [0.1, 0.15) is 131 Å². The number of carbonyl (C=O) groups is 9. The lowest BCUT2D eigenvalue weighted by Crippen LogP contribution is -2.66. The number of rotatable bonds is 22. The first-order chi connectivity index (χ1) is 60.3. The van der Waals surface area contributed by atoms with E-state index in [1.54, 1.807) is 7.05 Å². The first-order valence-electron chi connectivity index (χ1n) is 40.8. The molecule has 8 heterocycles. The molecule has 0 unspecified atom stereocenters. The van der Waals surface area contributed by atoms with E-state index in [0.29, 0.717) is 24.9 Å². The number of aliphatic hydroxyl groups is 7. The molecule has 18 atom stereocenters. The molecule has 0 radical (unpaired) electrons. The molecule has 40 heteroatoms. The van der Waals surface area contributed by atoms with E-state index in [-0.39, 0.29) is 47.8 Å². The number of aliphatic carboxylic acids is 1. The van der Waals surface area contributed by atoms with Crippen LogP contribution in [0.3, 0.4) is 0 Å². The second kappa shape index (κ2) is 40.2. The standard InChI is InChI=1S/C86H96Cl2N10O28/c1-4-5-6-7-8-9-10-11-13-59(104)93-68-71(107)73(109)76(84(118)119)126-85(68)125-75-56-30-41-31-57(75)122-53-23-18-40(28-48(53)87)69(105)67-83(117)97-65(78(112)91-25-12-24-89-2)46-32-42(100)33-55(123-86-74(110)72(108)70(106)58(36-99)124-86)60(46)45-27-38(16-21-50(45)101)63(80(114)98-67)94-81(115)64(41)95-82(116)66-47-34-44(35-52(103)61(47)88)121-54-29-39(17-22-51(54)102)62(90-3)79(113)92-49(77(111)96-66)26-37-14-19-43(120-56)20-15-37/h14-23,27-35,49,58,62-74,76,85-86,89-90,99-103,105-110H,4-13,24-26,36H2,1-3H3,(H,91,112)(H,92,113)(H,93,104)(H,94,115)(H,95,116)(H,96,111)(H,97,117)(H,98,114)(H,118,119)/t49-,58-,62-,63+,64-,65+,66-,67+,68-,69-,70+,71-,72+,73+,74+,76-,85-,86-/m1/s1. The molecule has 0 aliphatic carbocycles. The van der Waals surface area contributed by atoms with Gasteiger partial charge in [0, 0.05) is 48.2 Å². The van der Waals surface area contributed by atoms with E-state index in [1.807, 2.05) is 0 Å². The summed E-state index contributed by atoms with van der Waals surface area (Å²) >= 11 is 14.3. The second-order valence-electron chi connectivity index (χ2n) is 31.2. The molecule has 17 bridgehead atoms. The van der Waals surface area contributed by atoms with Crippen molar-refractivity contribution < 1.29 is 138 Å². The Morgan fingerprint density at radius 2 is 1.18 bits per heavy atom. The number of halogens is 2. The van der Waals surface area contributed by atoms with Crippen molar-refractivity contribution in [1.82, 2.24) is 53.2 Å². The highest BCUT2D eigenvalue weighted by Gasteiger charge is 2.52. The number of carbonyl (C=O) groups excluding carboxylic acids is 8. The third-order valence-corrected chi connectivity index (χ3v) is 23.1. The Morgan fingerprint density at radius 3 is 1.88 bits per heavy atom. The number of likely N-dealkylation sites (N-methyl/N-ethyl adjacent to an activating group) is 1. The highest BCUT2D eigenvalue weighted by molar-refractivity contribution is 6.33. The van der Waals surface area contributed by atoms with Crippen molar-refractivity contribution in [2.75, 3.05) is 33.8 Å². The van der Waals surface area contributed by atoms with E-state index < -0.39 is 271 Å². The number of aliphatic hydroxyl groups excluding tert-OH is 7. The predicted molar refractivity (Wildman–Crippen MR) is 443 cm³/mol. The zero-order chi connectivity index (χ0) is 90.2. The summed E-state index contributed by atoms with van der Waals surface area (Å²) in [5.41, 5.74) is -2.69.